The average molecular weight is 345 g/mol. The molecule has 0 heterocycles. The van der Waals surface area contributed by atoms with Gasteiger partial charge in [-0.3, -0.25) is 19.3 Å². The van der Waals surface area contributed by atoms with Crippen molar-refractivity contribution >= 4 is 17.9 Å². The van der Waals surface area contributed by atoms with Gasteiger partial charge in [-0.1, -0.05) is 27.2 Å². The first kappa shape index (κ1) is 20.4. The first-order chi connectivity index (χ1) is 11.0. The first-order valence-corrected chi connectivity index (χ1v) is 8.05. The van der Waals surface area contributed by atoms with Crippen molar-refractivity contribution in [3.8, 4) is 0 Å². The van der Waals surface area contributed by atoms with Crippen molar-refractivity contribution < 1.29 is 34.4 Å². The number of aliphatic hydroxyl groups excluding tert-OH is 1. The zero-order valence-electron chi connectivity index (χ0n) is 14.4. The van der Waals surface area contributed by atoms with Crippen molar-refractivity contribution in [1.82, 2.24) is 4.90 Å². The molecule has 0 aromatic heterocycles. The van der Waals surface area contributed by atoms with Gasteiger partial charge >= 0.3 is 17.9 Å². The molecule has 0 bridgehead atoms. The Bertz CT molecular complexity index is 475. The van der Waals surface area contributed by atoms with E-state index in [0.717, 1.165) is 24.2 Å². The molecule has 8 heteroatoms. The van der Waals surface area contributed by atoms with Crippen LogP contribution in [0.25, 0.3) is 0 Å². The standard InChI is InChI=1S/C16H27NO7/c1-4-5-16(10-15(16,2)3)14(23)24-9-11(18)6-17(7-12(19)20)8-13(21)22/h11,18H,4-10H2,1-3H3,(H,19,20)(H,21,22)/t11?,16-/m0/s1. The molecule has 3 N–H and O–H groups in total. The number of hydrogen-bond donors (Lipinski definition) is 3. The molecule has 24 heavy (non-hydrogen) atoms. The smallest absolute Gasteiger partial charge is 0.317 e. The highest BCUT2D eigenvalue weighted by Crippen LogP contribution is 2.66. The Hall–Kier alpha value is -1.67. The average Bonchev–Trinajstić information content (AvgIpc) is 2.97. The van der Waals surface area contributed by atoms with Gasteiger partial charge in [-0.25, -0.2) is 0 Å². The van der Waals surface area contributed by atoms with Gasteiger partial charge in [0.2, 0.25) is 0 Å². The van der Waals surface area contributed by atoms with Gasteiger partial charge in [0.25, 0.3) is 0 Å². The molecule has 0 aliphatic heterocycles. The SMILES string of the molecule is CCC[C@@]1(C(=O)OCC(O)CN(CC(=O)O)CC(=O)O)CC1(C)C. The maximum absolute atomic E-state index is 12.3. The Morgan fingerprint density at radius 1 is 1.17 bits per heavy atom. The summed E-state index contributed by atoms with van der Waals surface area (Å²) in [5.74, 6) is -2.74. The second-order valence-electron chi connectivity index (χ2n) is 7.10. The van der Waals surface area contributed by atoms with Crippen LogP contribution in [0.4, 0.5) is 0 Å². The zero-order chi connectivity index (χ0) is 18.5. The second kappa shape index (κ2) is 7.94. The summed E-state index contributed by atoms with van der Waals surface area (Å²) in [4.78, 5) is 34.9. The quantitative estimate of drug-likeness (QED) is 0.464. The molecule has 1 aliphatic rings. The number of hydrogen-bond acceptors (Lipinski definition) is 6. The normalized spacial score (nSPS) is 22.9. The van der Waals surface area contributed by atoms with E-state index in [2.05, 4.69) is 0 Å². The minimum atomic E-state index is -1.19. The van der Waals surface area contributed by atoms with Crippen LogP contribution in [0.2, 0.25) is 0 Å². The first-order valence-electron chi connectivity index (χ1n) is 8.05. The van der Waals surface area contributed by atoms with Gasteiger partial charge in [-0.2, -0.15) is 0 Å². The van der Waals surface area contributed by atoms with E-state index in [9.17, 15) is 19.5 Å². The van der Waals surface area contributed by atoms with Crippen LogP contribution >= 0.6 is 0 Å². The summed E-state index contributed by atoms with van der Waals surface area (Å²) in [6, 6.07) is 0. The van der Waals surface area contributed by atoms with Crippen molar-refractivity contribution in [3.63, 3.8) is 0 Å². The number of carbonyl (C=O) groups is 3. The van der Waals surface area contributed by atoms with Gasteiger partial charge in [-0.05, 0) is 18.3 Å². The van der Waals surface area contributed by atoms with Gasteiger partial charge in [0.15, 0.2) is 0 Å². The Kier molecular flexibility index (Phi) is 6.74. The van der Waals surface area contributed by atoms with Crippen molar-refractivity contribution in [2.75, 3.05) is 26.2 Å². The maximum Gasteiger partial charge on any atom is 0.317 e. The van der Waals surface area contributed by atoms with Crippen molar-refractivity contribution in [1.29, 1.82) is 0 Å². The van der Waals surface area contributed by atoms with Crippen LogP contribution in [0.1, 0.15) is 40.0 Å². The fraction of sp³-hybridized carbons (Fsp3) is 0.812. The minimum Gasteiger partial charge on any atom is -0.480 e. The third kappa shape index (κ3) is 5.17. The highest BCUT2D eigenvalue weighted by atomic mass is 16.5. The van der Waals surface area contributed by atoms with Crippen LogP contribution in [0, 0.1) is 10.8 Å². The van der Waals surface area contributed by atoms with Crippen LogP contribution in [-0.2, 0) is 19.1 Å². The van der Waals surface area contributed by atoms with E-state index in [1.807, 2.05) is 20.8 Å². The summed E-state index contributed by atoms with van der Waals surface area (Å²) in [6.07, 6.45) is 1.17. The molecule has 1 saturated carbocycles. The molecule has 0 amide bonds. The molecule has 1 fully saturated rings. The van der Waals surface area contributed by atoms with Crippen LogP contribution in [0.15, 0.2) is 0 Å². The molecule has 0 saturated heterocycles. The van der Waals surface area contributed by atoms with Gasteiger partial charge < -0.3 is 20.1 Å². The van der Waals surface area contributed by atoms with Crippen molar-refractivity contribution in [2.24, 2.45) is 10.8 Å². The number of esters is 1. The summed E-state index contributed by atoms with van der Waals surface area (Å²) in [6.45, 7) is 4.50. The molecule has 0 aromatic rings. The topological polar surface area (TPSA) is 124 Å². The summed E-state index contributed by atoms with van der Waals surface area (Å²) >= 11 is 0. The van der Waals surface area contributed by atoms with Gasteiger partial charge in [0.1, 0.15) is 12.7 Å². The lowest BCUT2D eigenvalue weighted by Crippen LogP contribution is -2.41. The lowest BCUT2D eigenvalue weighted by atomic mass is 9.91. The Labute approximate surface area is 141 Å². The molecule has 1 rings (SSSR count). The van der Waals surface area contributed by atoms with E-state index in [4.69, 9.17) is 14.9 Å². The molecule has 2 atom stereocenters. The van der Waals surface area contributed by atoms with Crippen LogP contribution in [0.5, 0.6) is 0 Å². The molecular weight excluding hydrogens is 318 g/mol. The maximum atomic E-state index is 12.3. The van der Waals surface area contributed by atoms with E-state index in [1.165, 1.54) is 0 Å². The van der Waals surface area contributed by atoms with E-state index >= 15 is 0 Å². The molecular formula is C16H27NO7. The van der Waals surface area contributed by atoms with E-state index < -0.39 is 36.5 Å². The molecule has 0 spiro atoms. The van der Waals surface area contributed by atoms with Gasteiger partial charge in [-0.15, -0.1) is 0 Å². The monoisotopic (exact) mass is 345 g/mol. The third-order valence-electron chi connectivity index (χ3n) is 4.58. The summed E-state index contributed by atoms with van der Waals surface area (Å²) in [7, 11) is 0. The number of nitrogens with zero attached hydrogens (tertiary/aromatic N) is 1. The summed E-state index contributed by atoms with van der Waals surface area (Å²) < 4.78 is 5.22. The highest BCUT2D eigenvalue weighted by Gasteiger charge is 2.66. The Balaban J connectivity index is 2.52. The molecule has 0 radical (unpaired) electrons. The van der Waals surface area contributed by atoms with E-state index in [0.29, 0.717) is 0 Å². The minimum absolute atomic E-state index is 0.121. The van der Waals surface area contributed by atoms with E-state index in [-0.39, 0.29) is 24.5 Å². The van der Waals surface area contributed by atoms with Crippen molar-refractivity contribution in [3.05, 3.63) is 0 Å². The number of carbonyl (C=O) groups excluding carboxylic acids is 1. The molecule has 0 aromatic carbocycles. The molecule has 8 nitrogen and oxygen atoms in total. The Morgan fingerprint density at radius 3 is 2.04 bits per heavy atom. The number of ether oxygens (including phenoxy) is 1. The van der Waals surface area contributed by atoms with Crippen molar-refractivity contribution in [2.45, 2.75) is 46.1 Å². The predicted molar refractivity (Wildman–Crippen MR) is 84.4 cm³/mol. The highest BCUT2D eigenvalue weighted by molar-refractivity contribution is 5.81. The number of aliphatic hydroxyl groups is 1. The predicted octanol–water partition coefficient (Wildman–Crippen LogP) is 0.578. The second-order valence-corrected chi connectivity index (χ2v) is 7.10. The van der Waals surface area contributed by atoms with E-state index in [1.54, 1.807) is 0 Å². The summed E-state index contributed by atoms with van der Waals surface area (Å²) in [5, 5.41) is 27.5. The number of rotatable bonds is 11. The lowest BCUT2D eigenvalue weighted by molar-refractivity contribution is -0.156. The van der Waals surface area contributed by atoms with Gasteiger partial charge in [0, 0.05) is 6.54 Å². The number of carboxylic acids is 2. The fourth-order valence-corrected chi connectivity index (χ4v) is 3.24. The molecule has 138 valence electrons. The summed E-state index contributed by atoms with van der Waals surface area (Å²) in [5.41, 5.74) is -0.632. The fourth-order valence-electron chi connectivity index (χ4n) is 3.24. The number of carboxylic acid groups (broad SMARTS) is 2. The Morgan fingerprint density at radius 2 is 1.67 bits per heavy atom. The number of aliphatic carboxylic acids is 2. The molecule has 1 unspecified atom stereocenters. The van der Waals surface area contributed by atoms with Gasteiger partial charge in [0.05, 0.1) is 18.5 Å². The van der Waals surface area contributed by atoms with Crippen LogP contribution in [0.3, 0.4) is 0 Å². The lowest BCUT2D eigenvalue weighted by Gasteiger charge is -2.23. The van der Waals surface area contributed by atoms with Crippen LogP contribution in [-0.4, -0.2) is 70.5 Å². The van der Waals surface area contributed by atoms with Crippen LogP contribution < -0.4 is 0 Å². The largest absolute Gasteiger partial charge is 0.480 e. The molecule has 1 aliphatic carbocycles. The third-order valence-corrected chi connectivity index (χ3v) is 4.58. The zero-order valence-corrected chi connectivity index (χ0v) is 14.4.